The third-order valence-electron chi connectivity index (χ3n) is 4.16. The summed E-state index contributed by atoms with van der Waals surface area (Å²) in [5.41, 5.74) is 0.747. The van der Waals surface area contributed by atoms with Crippen LogP contribution in [0.3, 0.4) is 0 Å². The Morgan fingerprint density at radius 3 is 2.45 bits per heavy atom. The molecule has 1 atom stereocenters. The summed E-state index contributed by atoms with van der Waals surface area (Å²) in [4.78, 5) is 12.6. The van der Waals surface area contributed by atoms with E-state index in [2.05, 4.69) is 5.32 Å². The first-order valence-electron chi connectivity index (χ1n) is 8.51. The van der Waals surface area contributed by atoms with Crippen LogP contribution in [-0.4, -0.2) is 41.3 Å². The molecule has 1 N–H and O–H groups in total. The molecule has 2 aromatic rings. The standard InChI is InChI=1S/C19H22ClFN2O5S/c1-12(15-10-14(27-2)6-8-18(15)28-3)22-19(24)11-23(29(4,25)26)13-5-7-17(21)16(20)9-13/h5-10,12H,11H2,1-4H3,(H,22,24)/t12-/m1/s1. The Morgan fingerprint density at radius 1 is 1.21 bits per heavy atom. The molecule has 0 aliphatic heterocycles. The molecule has 0 saturated heterocycles. The van der Waals surface area contributed by atoms with Crippen molar-refractivity contribution in [2.75, 3.05) is 31.3 Å². The van der Waals surface area contributed by atoms with Gasteiger partial charge in [-0.3, -0.25) is 9.10 Å². The summed E-state index contributed by atoms with van der Waals surface area (Å²) in [5, 5.41) is 2.49. The molecule has 0 bridgehead atoms. The van der Waals surface area contributed by atoms with Crippen LogP contribution in [0.1, 0.15) is 18.5 Å². The van der Waals surface area contributed by atoms with E-state index in [-0.39, 0.29) is 10.7 Å². The number of benzene rings is 2. The number of rotatable bonds is 8. The smallest absolute Gasteiger partial charge is 0.241 e. The molecule has 0 saturated carbocycles. The molecule has 0 heterocycles. The predicted molar refractivity (Wildman–Crippen MR) is 110 cm³/mol. The van der Waals surface area contributed by atoms with Crippen LogP contribution in [0.5, 0.6) is 11.5 Å². The van der Waals surface area contributed by atoms with Gasteiger partial charge in [-0.25, -0.2) is 12.8 Å². The molecule has 1 amide bonds. The van der Waals surface area contributed by atoms with Crippen LogP contribution in [0, 0.1) is 5.82 Å². The van der Waals surface area contributed by atoms with E-state index >= 15 is 0 Å². The lowest BCUT2D eigenvalue weighted by atomic mass is 10.1. The van der Waals surface area contributed by atoms with Gasteiger partial charge in [0, 0.05) is 5.56 Å². The maximum atomic E-state index is 13.4. The quantitative estimate of drug-likeness (QED) is 0.676. The zero-order chi connectivity index (χ0) is 21.8. The van der Waals surface area contributed by atoms with Gasteiger partial charge in [-0.2, -0.15) is 0 Å². The zero-order valence-corrected chi connectivity index (χ0v) is 18.0. The molecule has 10 heteroatoms. The number of nitrogens with zero attached hydrogens (tertiary/aromatic N) is 1. The highest BCUT2D eigenvalue weighted by molar-refractivity contribution is 7.92. The van der Waals surface area contributed by atoms with Gasteiger partial charge >= 0.3 is 0 Å². The van der Waals surface area contributed by atoms with Gasteiger partial charge < -0.3 is 14.8 Å². The maximum absolute atomic E-state index is 13.4. The first-order chi connectivity index (χ1) is 13.6. The van der Waals surface area contributed by atoms with E-state index in [1.807, 2.05) is 0 Å². The first kappa shape index (κ1) is 22.8. The highest BCUT2D eigenvalue weighted by atomic mass is 35.5. The Bertz CT molecular complexity index is 1000. The molecule has 29 heavy (non-hydrogen) atoms. The Kier molecular flexibility index (Phi) is 7.32. The number of amides is 1. The van der Waals surface area contributed by atoms with Crippen molar-refractivity contribution < 1.29 is 27.1 Å². The number of hydrogen-bond donors (Lipinski definition) is 1. The first-order valence-corrected chi connectivity index (χ1v) is 10.7. The molecule has 2 aromatic carbocycles. The molecular formula is C19H22ClFN2O5S. The van der Waals surface area contributed by atoms with Crippen LogP contribution in [0.4, 0.5) is 10.1 Å². The summed E-state index contributed by atoms with van der Waals surface area (Å²) >= 11 is 5.75. The summed E-state index contributed by atoms with van der Waals surface area (Å²) in [6, 6.07) is 8.09. The number of carbonyl (C=O) groups excluding carboxylic acids is 1. The molecule has 0 radical (unpaired) electrons. The van der Waals surface area contributed by atoms with Crippen molar-refractivity contribution in [3.8, 4) is 11.5 Å². The number of anilines is 1. The lowest BCUT2D eigenvalue weighted by molar-refractivity contribution is -0.120. The fourth-order valence-corrected chi connectivity index (χ4v) is 3.74. The fraction of sp³-hybridized carbons (Fsp3) is 0.316. The van der Waals surface area contributed by atoms with Crippen molar-refractivity contribution >= 4 is 33.2 Å². The van der Waals surface area contributed by atoms with Gasteiger partial charge in [-0.15, -0.1) is 0 Å². The molecule has 0 aliphatic carbocycles. The van der Waals surface area contributed by atoms with E-state index in [0.29, 0.717) is 17.1 Å². The highest BCUT2D eigenvalue weighted by Crippen LogP contribution is 2.29. The molecule has 2 rings (SSSR count). The Morgan fingerprint density at radius 2 is 1.90 bits per heavy atom. The van der Waals surface area contributed by atoms with Crippen molar-refractivity contribution in [3.05, 3.63) is 52.8 Å². The molecule has 0 unspecified atom stereocenters. The molecule has 0 fully saturated rings. The average molecular weight is 445 g/mol. The van der Waals surface area contributed by atoms with Crippen molar-refractivity contribution in [2.45, 2.75) is 13.0 Å². The monoisotopic (exact) mass is 444 g/mol. The molecular weight excluding hydrogens is 423 g/mol. The number of nitrogens with one attached hydrogen (secondary N) is 1. The van der Waals surface area contributed by atoms with Crippen LogP contribution in [0.25, 0.3) is 0 Å². The fourth-order valence-electron chi connectivity index (χ4n) is 2.71. The Labute approximate surface area is 174 Å². The largest absolute Gasteiger partial charge is 0.497 e. The van der Waals surface area contributed by atoms with Gasteiger partial charge in [0.25, 0.3) is 0 Å². The van der Waals surface area contributed by atoms with Crippen molar-refractivity contribution in [1.82, 2.24) is 5.32 Å². The summed E-state index contributed by atoms with van der Waals surface area (Å²) < 4.78 is 49.1. The number of halogens is 2. The second kappa shape index (κ2) is 9.32. The van der Waals surface area contributed by atoms with Gasteiger partial charge in [0.05, 0.1) is 37.2 Å². The van der Waals surface area contributed by atoms with Crippen LogP contribution < -0.4 is 19.1 Å². The second-order valence-electron chi connectivity index (χ2n) is 6.27. The second-order valence-corrected chi connectivity index (χ2v) is 8.58. The molecule has 0 aromatic heterocycles. The van der Waals surface area contributed by atoms with Crippen molar-refractivity contribution in [1.29, 1.82) is 0 Å². The molecule has 158 valence electrons. The number of carbonyl (C=O) groups is 1. The predicted octanol–water partition coefficient (Wildman–Crippen LogP) is 3.14. The normalized spacial score (nSPS) is 12.2. The third-order valence-corrected chi connectivity index (χ3v) is 5.59. The lowest BCUT2D eigenvalue weighted by Gasteiger charge is -2.24. The van der Waals surface area contributed by atoms with Crippen LogP contribution in [0.15, 0.2) is 36.4 Å². The number of sulfonamides is 1. The van der Waals surface area contributed by atoms with Gasteiger partial charge in [0.15, 0.2) is 0 Å². The third kappa shape index (κ3) is 5.74. The maximum Gasteiger partial charge on any atom is 0.241 e. The van der Waals surface area contributed by atoms with Gasteiger partial charge in [0.1, 0.15) is 23.9 Å². The number of hydrogen-bond acceptors (Lipinski definition) is 5. The van der Waals surface area contributed by atoms with Gasteiger partial charge in [0.2, 0.25) is 15.9 Å². The Hall–Kier alpha value is -2.52. The average Bonchev–Trinajstić information content (AvgIpc) is 2.66. The van der Waals surface area contributed by atoms with E-state index in [1.54, 1.807) is 25.1 Å². The van der Waals surface area contributed by atoms with E-state index < -0.39 is 34.3 Å². The Balaban J connectivity index is 2.23. The number of methoxy groups -OCH3 is 2. The summed E-state index contributed by atoms with van der Waals surface area (Å²) in [7, 11) is -0.796. The minimum absolute atomic E-state index is 0.0839. The van der Waals surface area contributed by atoms with Crippen molar-refractivity contribution in [2.24, 2.45) is 0 Å². The van der Waals surface area contributed by atoms with Gasteiger partial charge in [-0.05, 0) is 43.3 Å². The van der Waals surface area contributed by atoms with Crippen LogP contribution in [-0.2, 0) is 14.8 Å². The lowest BCUT2D eigenvalue weighted by Crippen LogP contribution is -2.41. The van der Waals surface area contributed by atoms with Crippen molar-refractivity contribution in [3.63, 3.8) is 0 Å². The van der Waals surface area contributed by atoms with E-state index in [9.17, 15) is 17.6 Å². The SMILES string of the molecule is COc1ccc(OC)c([C@@H](C)NC(=O)CN(c2ccc(F)c(Cl)c2)S(C)(=O)=O)c1. The number of ether oxygens (including phenoxy) is 2. The van der Waals surface area contributed by atoms with E-state index in [1.165, 1.54) is 20.3 Å². The molecule has 0 spiro atoms. The summed E-state index contributed by atoms with van der Waals surface area (Å²) in [6.45, 7) is 1.23. The zero-order valence-electron chi connectivity index (χ0n) is 16.4. The van der Waals surface area contributed by atoms with Crippen LogP contribution in [0.2, 0.25) is 5.02 Å². The summed E-state index contributed by atoms with van der Waals surface area (Å²) in [6.07, 6.45) is 0.950. The minimum Gasteiger partial charge on any atom is -0.497 e. The minimum atomic E-state index is -3.82. The summed E-state index contributed by atoms with van der Waals surface area (Å²) in [5.74, 6) is -0.121. The van der Waals surface area contributed by atoms with E-state index in [4.69, 9.17) is 21.1 Å². The van der Waals surface area contributed by atoms with Crippen LogP contribution >= 0.6 is 11.6 Å². The topological polar surface area (TPSA) is 84.9 Å². The molecule has 7 nitrogen and oxygen atoms in total. The van der Waals surface area contributed by atoms with E-state index in [0.717, 1.165) is 22.7 Å². The highest BCUT2D eigenvalue weighted by Gasteiger charge is 2.23. The van der Waals surface area contributed by atoms with Gasteiger partial charge in [-0.1, -0.05) is 11.6 Å². The molecule has 0 aliphatic rings.